The third kappa shape index (κ3) is 2.48. The molecule has 1 aromatic heterocycles. The molecule has 1 N–H and O–H groups in total. The lowest BCUT2D eigenvalue weighted by atomic mass is 10.2. The molecule has 0 unspecified atom stereocenters. The van der Waals surface area contributed by atoms with Gasteiger partial charge in [0.1, 0.15) is 0 Å². The molecule has 1 aromatic carbocycles. The zero-order valence-electron chi connectivity index (χ0n) is 9.06. The maximum absolute atomic E-state index is 11.0. The number of nitrogens with one attached hydrogen (secondary N) is 1. The van der Waals surface area contributed by atoms with Crippen LogP contribution in [0.4, 0.5) is 0 Å². The molecule has 0 spiro atoms. The molecule has 0 radical (unpaired) electrons. The zero-order valence-corrected chi connectivity index (χ0v) is 9.96. The van der Waals surface area contributed by atoms with Crippen molar-refractivity contribution in [2.75, 3.05) is 19.3 Å². The number of aromatic nitrogens is 1. The summed E-state index contributed by atoms with van der Waals surface area (Å²) < 4.78 is 5.01. The quantitative estimate of drug-likeness (QED) is 0.793. The average Bonchev–Trinajstić information content (AvgIpc) is 2.57. The molecule has 0 atom stereocenters. The van der Waals surface area contributed by atoms with Crippen LogP contribution in [0.25, 0.3) is 11.1 Å². The highest BCUT2D eigenvalue weighted by Gasteiger charge is 2.04. The number of hydrogen-bond acceptors (Lipinski definition) is 4. The summed E-state index contributed by atoms with van der Waals surface area (Å²) in [4.78, 5) is 15.8. The molecule has 0 bridgehead atoms. The van der Waals surface area contributed by atoms with Crippen LogP contribution >= 0.6 is 12.6 Å². The minimum absolute atomic E-state index is 0.407. The Hall–Kier alpha value is -1.20. The van der Waals surface area contributed by atoms with E-state index >= 15 is 0 Å². The van der Waals surface area contributed by atoms with Crippen molar-refractivity contribution in [1.29, 1.82) is 0 Å². The maximum Gasteiger partial charge on any atom is 0.417 e. The van der Waals surface area contributed by atoms with E-state index in [4.69, 9.17) is 4.42 Å². The van der Waals surface area contributed by atoms with Crippen LogP contribution in [0.2, 0.25) is 0 Å². The molecular weight excluding hydrogens is 224 g/mol. The molecule has 0 saturated heterocycles. The lowest BCUT2D eigenvalue weighted by Gasteiger charge is -2.14. The Morgan fingerprint density at radius 2 is 2.31 bits per heavy atom. The van der Waals surface area contributed by atoms with Crippen LogP contribution in [0.3, 0.4) is 0 Å². The standard InChI is InChI=1S/C11H14N2O2S/c1-13(4-5-16)7-8-2-3-9-10(6-8)15-11(14)12-9/h2-3,6,16H,4-5,7H2,1H3,(H,12,14). The van der Waals surface area contributed by atoms with E-state index in [-0.39, 0.29) is 0 Å². The zero-order chi connectivity index (χ0) is 11.5. The van der Waals surface area contributed by atoms with Gasteiger partial charge in [-0.05, 0) is 24.7 Å². The first-order valence-electron chi connectivity index (χ1n) is 5.10. The highest BCUT2D eigenvalue weighted by Crippen LogP contribution is 2.13. The summed E-state index contributed by atoms with van der Waals surface area (Å²) in [5.41, 5.74) is 2.48. The molecule has 4 nitrogen and oxygen atoms in total. The van der Waals surface area contributed by atoms with Crippen LogP contribution in [0.1, 0.15) is 5.56 Å². The number of hydrogen-bond donors (Lipinski definition) is 2. The van der Waals surface area contributed by atoms with Gasteiger partial charge in [-0.2, -0.15) is 12.6 Å². The number of rotatable bonds is 4. The van der Waals surface area contributed by atoms with E-state index in [2.05, 4.69) is 22.5 Å². The van der Waals surface area contributed by atoms with E-state index in [9.17, 15) is 4.79 Å². The molecule has 0 saturated carbocycles. The van der Waals surface area contributed by atoms with Crippen molar-refractivity contribution >= 4 is 23.7 Å². The van der Waals surface area contributed by atoms with Gasteiger partial charge in [0.25, 0.3) is 0 Å². The van der Waals surface area contributed by atoms with E-state index in [1.54, 1.807) is 0 Å². The van der Waals surface area contributed by atoms with Gasteiger partial charge in [-0.1, -0.05) is 6.07 Å². The lowest BCUT2D eigenvalue weighted by Crippen LogP contribution is -2.19. The summed E-state index contributed by atoms with van der Waals surface area (Å²) in [6.45, 7) is 1.75. The predicted octanol–water partition coefficient (Wildman–Crippen LogP) is 1.48. The number of H-pyrrole nitrogens is 1. The molecule has 0 aliphatic carbocycles. The Morgan fingerprint density at radius 3 is 3.06 bits per heavy atom. The van der Waals surface area contributed by atoms with E-state index in [1.807, 2.05) is 25.2 Å². The van der Waals surface area contributed by atoms with Crippen molar-refractivity contribution in [1.82, 2.24) is 9.88 Å². The van der Waals surface area contributed by atoms with Gasteiger partial charge in [0.05, 0.1) is 5.52 Å². The van der Waals surface area contributed by atoms with Crippen LogP contribution in [0.5, 0.6) is 0 Å². The first-order chi connectivity index (χ1) is 7.69. The number of fused-ring (bicyclic) bond motifs is 1. The Kier molecular flexibility index (Phi) is 3.36. The molecule has 16 heavy (non-hydrogen) atoms. The van der Waals surface area contributed by atoms with Crippen molar-refractivity contribution < 1.29 is 4.42 Å². The highest BCUT2D eigenvalue weighted by atomic mass is 32.1. The van der Waals surface area contributed by atoms with Gasteiger partial charge in [0, 0.05) is 18.8 Å². The monoisotopic (exact) mass is 238 g/mol. The summed E-state index contributed by atoms with van der Waals surface area (Å²) in [6.07, 6.45) is 0. The molecule has 0 fully saturated rings. The summed E-state index contributed by atoms with van der Waals surface area (Å²) in [7, 11) is 2.04. The lowest BCUT2D eigenvalue weighted by molar-refractivity contribution is 0.349. The minimum Gasteiger partial charge on any atom is -0.408 e. The number of nitrogens with zero attached hydrogens (tertiary/aromatic N) is 1. The fourth-order valence-electron chi connectivity index (χ4n) is 1.65. The number of oxazole rings is 1. The second-order valence-corrected chi connectivity index (χ2v) is 4.25. The number of thiol groups is 1. The largest absolute Gasteiger partial charge is 0.417 e. The topological polar surface area (TPSA) is 49.2 Å². The molecule has 5 heteroatoms. The molecule has 0 aliphatic heterocycles. The number of aromatic amines is 1. The van der Waals surface area contributed by atoms with Gasteiger partial charge in [-0.25, -0.2) is 4.79 Å². The second kappa shape index (κ2) is 4.76. The van der Waals surface area contributed by atoms with Crippen LogP contribution in [-0.2, 0) is 6.54 Å². The van der Waals surface area contributed by atoms with Crippen molar-refractivity contribution in [3.63, 3.8) is 0 Å². The third-order valence-electron chi connectivity index (χ3n) is 2.42. The molecule has 0 aliphatic rings. The molecule has 2 rings (SSSR count). The summed E-state index contributed by atoms with van der Waals surface area (Å²) in [5, 5.41) is 0. The molecular formula is C11H14N2O2S. The predicted molar refractivity (Wildman–Crippen MR) is 67.0 cm³/mol. The SMILES string of the molecule is CN(CCS)Cc1ccc2[nH]c(=O)oc2c1. The smallest absolute Gasteiger partial charge is 0.408 e. The Bertz CT molecular complexity index is 532. The Balaban J connectivity index is 2.22. The minimum atomic E-state index is -0.407. The summed E-state index contributed by atoms with van der Waals surface area (Å²) in [5.74, 6) is 0.425. The Morgan fingerprint density at radius 1 is 1.50 bits per heavy atom. The van der Waals surface area contributed by atoms with Gasteiger partial charge in [0.2, 0.25) is 0 Å². The maximum atomic E-state index is 11.0. The van der Waals surface area contributed by atoms with Crippen molar-refractivity contribution in [2.24, 2.45) is 0 Å². The fourth-order valence-corrected chi connectivity index (χ4v) is 1.99. The third-order valence-corrected chi connectivity index (χ3v) is 2.62. The van der Waals surface area contributed by atoms with Gasteiger partial charge < -0.3 is 9.32 Å². The van der Waals surface area contributed by atoms with Crippen LogP contribution in [-0.4, -0.2) is 29.2 Å². The van der Waals surface area contributed by atoms with E-state index < -0.39 is 5.76 Å². The highest BCUT2D eigenvalue weighted by molar-refractivity contribution is 7.80. The summed E-state index contributed by atoms with van der Waals surface area (Å²) >= 11 is 4.18. The normalized spacial score (nSPS) is 11.4. The van der Waals surface area contributed by atoms with Crippen molar-refractivity contribution in [3.8, 4) is 0 Å². The van der Waals surface area contributed by atoms with Gasteiger partial charge in [-0.3, -0.25) is 4.98 Å². The van der Waals surface area contributed by atoms with Gasteiger partial charge in [0.15, 0.2) is 5.58 Å². The average molecular weight is 238 g/mol. The second-order valence-electron chi connectivity index (χ2n) is 3.81. The van der Waals surface area contributed by atoms with E-state index in [0.717, 1.165) is 29.9 Å². The fraction of sp³-hybridized carbons (Fsp3) is 0.364. The van der Waals surface area contributed by atoms with E-state index in [0.29, 0.717) is 5.58 Å². The molecule has 2 aromatic rings. The first-order valence-corrected chi connectivity index (χ1v) is 5.73. The van der Waals surface area contributed by atoms with Crippen LogP contribution < -0.4 is 5.76 Å². The Labute approximate surface area is 98.7 Å². The van der Waals surface area contributed by atoms with Gasteiger partial charge >= 0.3 is 5.76 Å². The molecule has 86 valence electrons. The summed E-state index contributed by atoms with van der Waals surface area (Å²) in [6, 6.07) is 5.75. The first kappa shape index (κ1) is 11.3. The van der Waals surface area contributed by atoms with Crippen molar-refractivity contribution in [2.45, 2.75) is 6.54 Å². The van der Waals surface area contributed by atoms with Crippen molar-refractivity contribution in [3.05, 3.63) is 34.3 Å². The van der Waals surface area contributed by atoms with Crippen LogP contribution in [0.15, 0.2) is 27.4 Å². The molecule has 1 heterocycles. The molecule has 0 amide bonds. The van der Waals surface area contributed by atoms with E-state index in [1.165, 1.54) is 0 Å². The van der Waals surface area contributed by atoms with Gasteiger partial charge in [-0.15, -0.1) is 0 Å². The van der Waals surface area contributed by atoms with Crippen LogP contribution in [0, 0.1) is 0 Å². The number of benzene rings is 1.